The van der Waals surface area contributed by atoms with E-state index in [0.717, 1.165) is 17.7 Å². The first-order valence-electron chi connectivity index (χ1n) is 6.25. The summed E-state index contributed by atoms with van der Waals surface area (Å²) in [7, 11) is 0. The Kier molecular flexibility index (Phi) is 5.72. The van der Waals surface area contributed by atoms with Crippen LogP contribution >= 0.6 is 0 Å². The molecule has 0 saturated carbocycles. The molecule has 2 aromatic rings. The summed E-state index contributed by atoms with van der Waals surface area (Å²) in [4.78, 5) is 10.2. The number of anilines is 1. The molecule has 20 heavy (non-hydrogen) atoms. The van der Waals surface area contributed by atoms with Crippen LogP contribution in [0.2, 0.25) is 0 Å². The highest BCUT2D eigenvalue weighted by Gasteiger charge is 2.03. The van der Waals surface area contributed by atoms with Gasteiger partial charge in [0.2, 0.25) is 0 Å². The van der Waals surface area contributed by atoms with Crippen LogP contribution in [-0.4, -0.2) is 4.92 Å². The van der Waals surface area contributed by atoms with Crippen molar-refractivity contribution in [2.75, 3.05) is 5.32 Å². The van der Waals surface area contributed by atoms with Gasteiger partial charge in [-0.2, -0.15) is 0 Å². The molecule has 0 saturated heterocycles. The fourth-order valence-corrected chi connectivity index (χ4v) is 1.84. The van der Waals surface area contributed by atoms with E-state index in [0.29, 0.717) is 6.54 Å². The second-order valence-corrected chi connectivity index (χ2v) is 4.33. The number of hydrogen-bond donors (Lipinski definition) is 1. The Morgan fingerprint density at radius 1 is 1.10 bits per heavy atom. The Morgan fingerprint density at radius 2 is 1.80 bits per heavy atom. The molecule has 2 rings (SSSR count). The van der Waals surface area contributed by atoms with E-state index in [1.807, 2.05) is 12.1 Å². The molecule has 1 N–H and O–H groups in total. The lowest BCUT2D eigenvalue weighted by atomic mass is 10.1. The van der Waals surface area contributed by atoms with Crippen molar-refractivity contribution < 1.29 is 4.92 Å². The predicted molar refractivity (Wildman–Crippen MR) is 83.0 cm³/mol. The van der Waals surface area contributed by atoms with Gasteiger partial charge in [-0.1, -0.05) is 38.6 Å². The van der Waals surface area contributed by atoms with Crippen LogP contribution in [0.1, 0.15) is 25.5 Å². The zero-order valence-corrected chi connectivity index (χ0v) is 10.8. The summed E-state index contributed by atoms with van der Waals surface area (Å²) in [6.07, 6.45) is 1.01. The molecular weight excluding hydrogens is 252 g/mol. The molecule has 2 aromatic carbocycles. The summed E-state index contributed by atoms with van der Waals surface area (Å²) >= 11 is 0. The van der Waals surface area contributed by atoms with Gasteiger partial charge < -0.3 is 5.32 Å². The number of nitro groups is 1. The largest absolute Gasteiger partial charge is 0.381 e. The maximum absolute atomic E-state index is 10.6. The number of rotatable bonds is 5. The number of hydrogen-bond acceptors (Lipinski definition) is 3. The van der Waals surface area contributed by atoms with Gasteiger partial charge >= 0.3 is 0 Å². The van der Waals surface area contributed by atoms with Crippen molar-refractivity contribution in [3.63, 3.8) is 0 Å². The standard InChI is InChI=1S/C15H16N2O2.CH4/c1-2-12-4-3-5-14(10-12)16-11-13-6-8-15(9-7-13)17(18)19;/h3-10,16H,2,11H2,1H3;1H4. The van der Waals surface area contributed by atoms with Crippen LogP contribution in [0.3, 0.4) is 0 Å². The minimum absolute atomic E-state index is 0. The van der Waals surface area contributed by atoms with Crippen molar-refractivity contribution in [3.8, 4) is 0 Å². The van der Waals surface area contributed by atoms with Crippen LogP contribution in [0, 0.1) is 10.1 Å². The predicted octanol–water partition coefficient (Wildman–Crippen LogP) is 4.41. The SMILES string of the molecule is C.CCc1cccc(NCc2ccc([N+](=O)[O-])cc2)c1. The molecule has 0 heterocycles. The number of nitrogens with zero attached hydrogens (tertiary/aromatic N) is 1. The van der Waals surface area contributed by atoms with Crippen molar-refractivity contribution in [1.82, 2.24) is 0 Å². The molecule has 0 spiro atoms. The molecular formula is C16H20N2O2. The van der Waals surface area contributed by atoms with Gasteiger partial charge in [-0.3, -0.25) is 10.1 Å². The van der Waals surface area contributed by atoms with E-state index in [-0.39, 0.29) is 18.0 Å². The van der Waals surface area contributed by atoms with Gasteiger partial charge in [-0.05, 0) is 29.7 Å². The van der Waals surface area contributed by atoms with Crippen LogP contribution in [0.5, 0.6) is 0 Å². The van der Waals surface area contributed by atoms with Crippen molar-refractivity contribution >= 4 is 11.4 Å². The maximum atomic E-state index is 10.6. The smallest absolute Gasteiger partial charge is 0.269 e. The fraction of sp³-hybridized carbons (Fsp3) is 0.250. The summed E-state index contributed by atoms with van der Waals surface area (Å²) in [5, 5.41) is 13.9. The van der Waals surface area contributed by atoms with Crippen molar-refractivity contribution in [3.05, 3.63) is 69.8 Å². The minimum Gasteiger partial charge on any atom is -0.381 e. The molecule has 0 aromatic heterocycles. The summed E-state index contributed by atoms with van der Waals surface area (Å²) in [6.45, 7) is 2.78. The molecule has 0 fully saturated rings. The molecule has 4 nitrogen and oxygen atoms in total. The van der Waals surface area contributed by atoms with E-state index in [4.69, 9.17) is 0 Å². The number of aryl methyl sites for hydroxylation is 1. The second kappa shape index (κ2) is 7.28. The molecule has 4 heteroatoms. The quantitative estimate of drug-likeness (QED) is 0.648. The lowest BCUT2D eigenvalue weighted by Crippen LogP contribution is -2.00. The van der Waals surface area contributed by atoms with Gasteiger partial charge in [0.15, 0.2) is 0 Å². The van der Waals surface area contributed by atoms with Crippen LogP contribution in [0.15, 0.2) is 48.5 Å². The zero-order valence-electron chi connectivity index (χ0n) is 10.8. The van der Waals surface area contributed by atoms with Crippen LogP contribution in [0.4, 0.5) is 11.4 Å². The molecule has 106 valence electrons. The number of benzene rings is 2. The molecule has 0 bridgehead atoms. The molecule has 0 radical (unpaired) electrons. The number of non-ortho nitro benzene ring substituents is 1. The van der Waals surface area contributed by atoms with Gasteiger partial charge in [-0.15, -0.1) is 0 Å². The third-order valence-corrected chi connectivity index (χ3v) is 2.98. The van der Waals surface area contributed by atoms with Gasteiger partial charge in [0.25, 0.3) is 5.69 Å². The molecule has 0 unspecified atom stereocenters. The molecule has 0 amide bonds. The van der Waals surface area contributed by atoms with E-state index < -0.39 is 0 Å². The van der Waals surface area contributed by atoms with E-state index >= 15 is 0 Å². The van der Waals surface area contributed by atoms with Crippen LogP contribution in [0.25, 0.3) is 0 Å². The van der Waals surface area contributed by atoms with Gasteiger partial charge in [0.1, 0.15) is 0 Å². The average Bonchev–Trinajstić information content (AvgIpc) is 2.46. The van der Waals surface area contributed by atoms with Gasteiger partial charge in [0.05, 0.1) is 4.92 Å². The number of nitro benzene ring substituents is 1. The lowest BCUT2D eigenvalue weighted by molar-refractivity contribution is -0.384. The average molecular weight is 272 g/mol. The zero-order chi connectivity index (χ0) is 13.7. The first kappa shape index (κ1) is 15.7. The van der Waals surface area contributed by atoms with E-state index in [2.05, 4.69) is 24.4 Å². The second-order valence-electron chi connectivity index (χ2n) is 4.33. The van der Waals surface area contributed by atoms with E-state index in [1.54, 1.807) is 12.1 Å². The molecule has 0 atom stereocenters. The van der Waals surface area contributed by atoms with E-state index in [9.17, 15) is 10.1 Å². The molecule has 0 aliphatic rings. The molecule has 0 aliphatic carbocycles. The Bertz CT molecular complexity index is 565. The van der Waals surface area contributed by atoms with Crippen molar-refractivity contribution in [2.45, 2.75) is 27.3 Å². The Labute approximate surface area is 119 Å². The molecule has 0 aliphatic heterocycles. The third kappa shape index (κ3) is 4.09. The van der Waals surface area contributed by atoms with Crippen LogP contribution < -0.4 is 5.32 Å². The van der Waals surface area contributed by atoms with Crippen molar-refractivity contribution in [2.24, 2.45) is 0 Å². The highest BCUT2D eigenvalue weighted by atomic mass is 16.6. The summed E-state index contributed by atoms with van der Waals surface area (Å²) < 4.78 is 0. The highest BCUT2D eigenvalue weighted by Crippen LogP contribution is 2.15. The highest BCUT2D eigenvalue weighted by molar-refractivity contribution is 5.46. The first-order chi connectivity index (χ1) is 9.19. The van der Waals surface area contributed by atoms with E-state index in [1.165, 1.54) is 17.7 Å². The monoisotopic (exact) mass is 272 g/mol. The Hall–Kier alpha value is -2.36. The summed E-state index contributed by atoms with van der Waals surface area (Å²) in [5.41, 5.74) is 3.50. The fourth-order valence-electron chi connectivity index (χ4n) is 1.84. The van der Waals surface area contributed by atoms with Crippen LogP contribution in [-0.2, 0) is 13.0 Å². The summed E-state index contributed by atoms with van der Waals surface area (Å²) in [6, 6.07) is 14.9. The van der Waals surface area contributed by atoms with Gasteiger partial charge in [-0.25, -0.2) is 0 Å². The van der Waals surface area contributed by atoms with Gasteiger partial charge in [0, 0.05) is 24.4 Å². The Balaban J connectivity index is 0.00000200. The maximum Gasteiger partial charge on any atom is 0.269 e. The normalized spacial score (nSPS) is 9.65. The minimum atomic E-state index is -0.387. The Morgan fingerprint density at radius 3 is 2.40 bits per heavy atom. The third-order valence-electron chi connectivity index (χ3n) is 2.98. The lowest BCUT2D eigenvalue weighted by Gasteiger charge is -2.07. The summed E-state index contributed by atoms with van der Waals surface area (Å²) in [5.74, 6) is 0. The van der Waals surface area contributed by atoms with Crippen molar-refractivity contribution in [1.29, 1.82) is 0 Å². The first-order valence-corrected chi connectivity index (χ1v) is 6.25. The topological polar surface area (TPSA) is 55.2 Å². The number of nitrogens with one attached hydrogen (secondary N) is 1.